The number of fused-ring (bicyclic) bond motifs is 1. The molecule has 0 radical (unpaired) electrons. The third kappa shape index (κ3) is 6.30. The topological polar surface area (TPSA) is 95.6 Å². The van der Waals surface area contributed by atoms with E-state index in [0.29, 0.717) is 10.9 Å². The number of nitrogens with zero attached hydrogens (tertiary/aromatic N) is 1. The molecule has 0 aromatic heterocycles. The van der Waals surface area contributed by atoms with Crippen molar-refractivity contribution in [2.24, 2.45) is 0 Å². The summed E-state index contributed by atoms with van der Waals surface area (Å²) in [6, 6.07) is 2.01. The van der Waals surface area contributed by atoms with Crippen molar-refractivity contribution in [2.75, 3.05) is 12.3 Å². The third-order valence-corrected chi connectivity index (χ3v) is 8.21. The summed E-state index contributed by atoms with van der Waals surface area (Å²) in [7, 11) is 0. The van der Waals surface area contributed by atoms with Crippen LogP contribution in [0.2, 0.25) is 0 Å². The zero-order valence-corrected chi connectivity index (χ0v) is 20.9. The number of carbonyl (C=O) groups is 4. The van der Waals surface area contributed by atoms with E-state index in [1.165, 1.54) is 62.8 Å². The first-order valence-corrected chi connectivity index (χ1v) is 13.9. The molecule has 2 heterocycles. The van der Waals surface area contributed by atoms with Gasteiger partial charge < -0.3 is 5.32 Å². The molecular weight excluding hydrogens is 469 g/mol. The van der Waals surface area contributed by atoms with Gasteiger partial charge in [-0.15, -0.1) is 11.8 Å². The molecule has 2 fully saturated rings. The van der Waals surface area contributed by atoms with Gasteiger partial charge in [0, 0.05) is 17.4 Å². The van der Waals surface area contributed by atoms with Gasteiger partial charge in [-0.3, -0.25) is 29.4 Å². The van der Waals surface area contributed by atoms with Gasteiger partial charge in [-0.2, -0.15) is 0 Å². The summed E-state index contributed by atoms with van der Waals surface area (Å²) in [5.41, 5.74) is 0.160. The van der Waals surface area contributed by atoms with Crippen LogP contribution in [0, 0.1) is 5.82 Å². The maximum atomic E-state index is 14.3. The molecule has 4 rings (SSSR count). The molecule has 1 unspecified atom stereocenters. The Morgan fingerprint density at radius 1 is 0.943 bits per heavy atom. The van der Waals surface area contributed by atoms with Gasteiger partial charge in [-0.05, 0) is 56.5 Å². The number of halogens is 1. The van der Waals surface area contributed by atoms with Gasteiger partial charge in [0.25, 0.3) is 11.8 Å². The lowest BCUT2D eigenvalue weighted by molar-refractivity contribution is -0.136. The van der Waals surface area contributed by atoms with Crippen molar-refractivity contribution in [1.82, 2.24) is 15.5 Å². The van der Waals surface area contributed by atoms with E-state index in [9.17, 15) is 23.6 Å². The van der Waals surface area contributed by atoms with E-state index in [4.69, 9.17) is 0 Å². The molecule has 9 heteroatoms. The summed E-state index contributed by atoms with van der Waals surface area (Å²) in [6.45, 7) is 1.08. The Morgan fingerprint density at radius 2 is 1.69 bits per heavy atom. The largest absolute Gasteiger partial charge is 0.314 e. The zero-order valence-electron chi connectivity index (χ0n) is 20.1. The molecule has 0 bridgehead atoms. The molecule has 0 spiro atoms. The number of piperidine rings is 1. The van der Waals surface area contributed by atoms with Crippen LogP contribution < -0.4 is 10.6 Å². The molecule has 1 aliphatic carbocycles. The summed E-state index contributed by atoms with van der Waals surface area (Å²) < 4.78 is 14.3. The second kappa shape index (κ2) is 12.1. The Kier molecular flexibility index (Phi) is 8.94. The van der Waals surface area contributed by atoms with Crippen molar-refractivity contribution in [2.45, 2.75) is 94.0 Å². The number of rotatable bonds is 11. The minimum absolute atomic E-state index is 0.00679. The van der Waals surface area contributed by atoms with Crippen LogP contribution in [0.5, 0.6) is 0 Å². The molecule has 1 aromatic rings. The average Bonchev–Trinajstić information content (AvgIpc) is 3.08. The second-order valence-corrected chi connectivity index (χ2v) is 10.8. The van der Waals surface area contributed by atoms with E-state index in [2.05, 4.69) is 10.6 Å². The predicted octanol–water partition coefficient (Wildman–Crippen LogP) is 4.19. The Bertz CT molecular complexity index is 980. The van der Waals surface area contributed by atoms with Gasteiger partial charge in [0.1, 0.15) is 11.9 Å². The van der Waals surface area contributed by atoms with Crippen LogP contribution in [0.25, 0.3) is 0 Å². The van der Waals surface area contributed by atoms with Gasteiger partial charge in [0.15, 0.2) is 0 Å². The van der Waals surface area contributed by atoms with Crippen LogP contribution in [0.15, 0.2) is 17.0 Å². The van der Waals surface area contributed by atoms with E-state index in [1.54, 1.807) is 0 Å². The Balaban J connectivity index is 1.24. The normalized spacial score (nSPS) is 20.9. The molecule has 2 N–H and O–H groups in total. The standard InChI is InChI=1S/C26H34FN3O4S/c27-17-15-19-23(26(34)30(25(19)33)20-11-12-22(31)29-24(20)32)21(16-17)35-14-8-3-1-2-7-13-28-18-9-5-4-6-10-18/h15-16,18,20,28H,1-14H2,(H,29,31,32). The maximum absolute atomic E-state index is 14.3. The smallest absolute Gasteiger partial charge is 0.263 e. The number of carbonyl (C=O) groups excluding carboxylic acids is 4. The second-order valence-electron chi connectivity index (χ2n) is 9.68. The summed E-state index contributed by atoms with van der Waals surface area (Å²) in [4.78, 5) is 51.0. The first kappa shape index (κ1) is 25.8. The number of nitrogens with one attached hydrogen (secondary N) is 2. The lowest BCUT2D eigenvalue weighted by Gasteiger charge is -2.27. The van der Waals surface area contributed by atoms with Crippen LogP contribution in [-0.4, -0.2) is 52.9 Å². The van der Waals surface area contributed by atoms with Crippen molar-refractivity contribution in [1.29, 1.82) is 0 Å². The van der Waals surface area contributed by atoms with Crippen LogP contribution in [0.1, 0.15) is 97.8 Å². The van der Waals surface area contributed by atoms with Crippen LogP contribution >= 0.6 is 11.8 Å². The first-order chi connectivity index (χ1) is 17.0. The molecule has 2 aliphatic heterocycles. The zero-order chi connectivity index (χ0) is 24.8. The minimum Gasteiger partial charge on any atom is -0.314 e. The fraction of sp³-hybridized carbons (Fsp3) is 0.615. The van der Waals surface area contributed by atoms with Gasteiger partial charge in [-0.1, -0.05) is 38.5 Å². The molecule has 1 saturated carbocycles. The highest BCUT2D eigenvalue weighted by Crippen LogP contribution is 2.35. The highest BCUT2D eigenvalue weighted by molar-refractivity contribution is 7.99. The number of thioether (sulfide) groups is 1. The van der Waals surface area contributed by atoms with E-state index in [1.807, 2.05) is 0 Å². The molecule has 1 saturated heterocycles. The molecule has 190 valence electrons. The van der Waals surface area contributed by atoms with Gasteiger partial charge >= 0.3 is 0 Å². The highest BCUT2D eigenvalue weighted by atomic mass is 32.2. The molecule has 1 atom stereocenters. The van der Waals surface area contributed by atoms with Crippen LogP contribution in [0.3, 0.4) is 0 Å². The van der Waals surface area contributed by atoms with Gasteiger partial charge in [0.2, 0.25) is 11.8 Å². The van der Waals surface area contributed by atoms with E-state index < -0.39 is 35.5 Å². The number of hydrogen-bond donors (Lipinski definition) is 2. The Morgan fingerprint density at radius 3 is 2.46 bits per heavy atom. The van der Waals surface area contributed by atoms with Gasteiger partial charge in [-0.25, -0.2) is 4.39 Å². The number of unbranched alkanes of at least 4 members (excludes halogenated alkanes) is 4. The lowest BCUT2D eigenvalue weighted by Crippen LogP contribution is -2.54. The molecule has 7 nitrogen and oxygen atoms in total. The molecular formula is C26H34FN3O4S. The fourth-order valence-corrected chi connectivity index (χ4v) is 6.30. The highest BCUT2D eigenvalue weighted by Gasteiger charge is 2.45. The first-order valence-electron chi connectivity index (χ1n) is 12.9. The van der Waals surface area contributed by atoms with Crippen molar-refractivity contribution >= 4 is 35.4 Å². The average molecular weight is 504 g/mol. The molecule has 4 amide bonds. The van der Waals surface area contributed by atoms with E-state index in [0.717, 1.165) is 42.5 Å². The Labute approximate surface area is 210 Å². The van der Waals surface area contributed by atoms with Gasteiger partial charge in [0.05, 0.1) is 11.1 Å². The summed E-state index contributed by atoms with van der Waals surface area (Å²) in [6.07, 6.45) is 12.3. The summed E-state index contributed by atoms with van der Waals surface area (Å²) >= 11 is 1.38. The lowest BCUT2D eigenvalue weighted by atomic mass is 9.95. The quantitative estimate of drug-likeness (QED) is 0.267. The number of imide groups is 2. The van der Waals surface area contributed by atoms with Crippen LogP contribution in [0.4, 0.5) is 4.39 Å². The predicted molar refractivity (Wildman–Crippen MR) is 132 cm³/mol. The van der Waals surface area contributed by atoms with Crippen molar-refractivity contribution < 1.29 is 23.6 Å². The molecule has 35 heavy (non-hydrogen) atoms. The van der Waals surface area contributed by atoms with Crippen molar-refractivity contribution in [3.63, 3.8) is 0 Å². The van der Waals surface area contributed by atoms with E-state index >= 15 is 0 Å². The van der Waals surface area contributed by atoms with Crippen LogP contribution in [-0.2, 0) is 9.59 Å². The maximum Gasteiger partial charge on any atom is 0.263 e. The van der Waals surface area contributed by atoms with E-state index in [-0.39, 0.29) is 24.0 Å². The van der Waals surface area contributed by atoms with Crippen molar-refractivity contribution in [3.8, 4) is 0 Å². The third-order valence-electron chi connectivity index (χ3n) is 7.09. The number of hydrogen-bond acceptors (Lipinski definition) is 6. The SMILES string of the molecule is O=C1CCC(N2C(=O)c3cc(F)cc(SCCCCCCCNC4CCCCC4)c3C2=O)C(=O)N1. The summed E-state index contributed by atoms with van der Waals surface area (Å²) in [5.74, 6) is -2.22. The Hall–Kier alpha value is -2.26. The monoisotopic (exact) mass is 503 g/mol. The molecule has 1 aromatic carbocycles. The minimum atomic E-state index is -1.05. The molecule has 3 aliphatic rings. The number of amides is 4. The number of benzene rings is 1. The van der Waals surface area contributed by atoms with Crippen molar-refractivity contribution in [3.05, 3.63) is 29.1 Å². The summed E-state index contributed by atoms with van der Waals surface area (Å²) in [5, 5.41) is 5.85. The fourth-order valence-electron chi connectivity index (χ4n) is 5.19.